The fourth-order valence-corrected chi connectivity index (χ4v) is 2.78. The zero-order chi connectivity index (χ0) is 12.0. The highest BCUT2D eigenvalue weighted by molar-refractivity contribution is 4.77. The monoisotopic (exact) mass is 226 g/mol. The molecule has 1 rings (SSSR count). The van der Waals surface area contributed by atoms with Crippen LogP contribution < -0.4 is 5.32 Å². The standard InChI is InChI=1S/C14H30N2/c1-5-15-10-13(3)11-16(4)14-8-6-12(2)7-9-14/h12-15H,5-11H2,1-4H3. The fraction of sp³-hybridized carbons (Fsp3) is 1.00. The van der Waals surface area contributed by atoms with Crippen LogP contribution in [0.2, 0.25) is 0 Å². The number of nitrogens with one attached hydrogen (secondary N) is 1. The van der Waals surface area contributed by atoms with Gasteiger partial charge in [0.05, 0.1) is 0 Å². The third-order valence-corrected chi connectivity index (χ3v) is 3.95. The highest BCUT2D eigenvalue weighted by Gasteiger charge is 2.22. The van der Waals surface area contributed by atoms with Gasteiger partial charge in [-0.2, -0.15) is 0 Å². The second kappa shape index (κ2) is 7.29. The normalized spacial score (nSPS) is 28.3. The first kappa shape index (κ1) is 14.0. The summed E-state index contributed by atoms with van der Waals surface area (Å²) in [4.78, 5) is 2.59. The van der Waals surface area contributed by atoms with E-state index in [-0.39, 0.29) is 0 Å². The molecule has 2 heteroatoms. The Labute approximate surface area is 102 Å². The maximum Gasteiger partial charge on any atom is 0.00925 e. The second-order valence-electron chi connectivity index (χ2n) is 5.77. The highest BCUT2D eigenvalue weighted by atomic mass is 15.1. The lowest BCUT2D eigenvalue weighted by atomic mass is 9.86. The molecule has 0 aromatic carbocycles. The molecule has 0 aromatic rings. The van der Waals surface area contributed by atoms with Crippen LogP contribution in [0.15, 0.2) is 0 Å². The third kappa shape index (κ3) is 4.84. The van der Waals surface area contributed by atoms with Gasteiger partial charge in [0.25, 0.3) is 0 Å². The summed E-state index contributed by atoms with van der Waals surface area (Å²) in [6.07, 6.45) is 5.67. The Morgan fingerprint density at radius 1 is 1.25 bits per heavy atom. The van der Waals surface area contributed by atoms with Crippen molar-refractivity contribution in [3.05, 3.63) is 0 Å². The summed E-state index contributed by atoms with van der Waals surface area (Å²) in [5.74, 6) is 1.73. The Balaban J connectivity index is 2.20. The van der Waals surface area contributed by atoms with Gasteiger partial charge in [0.15, 0.2) is 0 Å². The fourth-order valence-electron chi connectivity index (χ4n) is 2.78. The van der Waals surface area contributed by atoms with Gasteiger partial charge in [0, 0.05) is 12.6 Å². The molecule has 0 bridgehead atoms. The van der Waals surface area contributed by atoms with Gasteiger partial charge in [-0.25, -0.2) is 0 Å². The number of rotatable bonds is 6. The molecule has 96 valence electrons. The van der Waals surface area contributed by atoms with Crippen LogP contribution in [-0.4, -0.2) is 37.6 Å². The van der Waals surface area contributed by atoms with Gasteiger partial charge in [-0.3, -0.25) is 0 Å². The van der Waals surface area contributed by atoms with E-state index in [9.17, 15) is 0 Å². The van der Waals surface area contributed by atoms with Crippen LogP contribution in [0.5, 0.6) is 0 Å². The Morgan fingerprint density at radius 2 is 1.88 bits per heavy atom. The van der Waals surface area contributed by atoms with Crippen molar-refractivity contribution in [2.45, 2.75) is 52.5 Å². The number of hydrogen-bond donors (Lipinski definition) is 1. The van der Waals surface area contributed by atoms with Crippen molar-refractivity contribution >= 4 is 0 Å². The van der Waals surface area contributed by atoms with Gasteiger partial charge >= 0.3 is 0 Å². The van der Waals surface area contributed by atoms with E-state index in [1.54, 1.807) is 0 Å². The Hall–Kier alpha value is -0.0800. The lowest BCUT2D eigenvalue weighted by Crippen LogP contribution is -2.39. The van der Waals surface area contributed by atoms with Gasteiger partial charge < -0.3 is 10.2 Å². The molecule has 1 N–H and O–H groups in total. The van der Waals surface area contributed by atoms with E-state index in [1.165, 1.54) is 32.2 Å². The van der Waals surface area contributed by atoms with Crippen LogP contribution in [0.1, 0.15) is 46.5 Å². The van der Waals surface area contributed by atoms with Crippen molar-refractivity contribution in [3.8, 4) is 0 Å². The van der Waals surface area contributed by atoms with E-state index in [2.05, 4.69) is 38.0 Å². The molecule has 0 saturated heterocycles. The summed E-state index contributed by atoms with van der Waals surface area (Å²) in [6.45, 7) is 10.4. The van der Waals surface area contributed by atoms with Crippen LogP contribution in [0.25, 0.3) is 0 Å². The minimum absolute atomic E-state index is 0.768. The molecule has 1 fully saturated rings. The third-order valence-electron chi connectivity index (χ3n) is 3.95. The van der Waals surface area contributed by atoms with Gasteiger partial charge in [0.1, 0.15) is 0 Å². The minimum atomic E-state index is 0.768. The summed E-state index contributed by atoms with van der Waals surface area (Å²) in [5, 5.41) is 3.44. The van der Waals surface area contributed by atoms with E-state index in [0.717, 1.165) is 31.0 Å². The smallest absolute Gasteiger partial charge is 0.00925 e. The maximum atomic E-state index is 3.44. The minimum Gasteiger partial charge on any atom is -0.317 e. The van der Waals surface area contributed by atoms with Crippen LogP contribution in [-0.2, 0) is 0 Å². The van der Waals surface area contributed by atoms with Crippen molar-refractivity contribution in [1.29, 1.82) is 0 Å². The van der Waals surface area contributed by atoms with Crippen LogP contribution >= 0.6 is 0 Å². The zero-order valence-electron chi connectivity index (χ0n) is 11.6. The molecule has 1 atom stereocenters. The Kier molecular flexibility index (Phi) is 6.37. The first-order chi connectivity index (χ1) is 7.63. The molecule has 1 unspecified atom stereocenters. The molecule has 2 nitrogen and oxygen atoms in total. The number of hydrogen-bond acceptors (Lipinski definition) is 2. The summed E-state index contributed by atoms with van der Waals surface area (Å²) in [5.41, 5.74) is 0. The molecule has 16 heavy (non-hydrogen) atoms. The average molecular weight is 226 g/mol. The van der Waals surface area contributed by atoms with Crippen LogP contribution in [0.3, 0.4) is 0 Å². The topological polar surface area (TPSA) is 15.3 Å². The van der Waals surface area contributed by atoms with Gasteiger partial charge in [-0.15, -0.1) is 0 Å². The lowest BCUT2D eigenvalue weighted by Gasteiger charge is -2.35. The van der Waals surface area contributed by atoms with Crippen molar-refractivity contribution in [2.75, 3.05) is 26.7 Å². The second-order valence-corrected chi connectivity index (χ2v) is 5.77. The molecule has 1 aliphatic carbocycles. The Bertz CT molecular complexity index is 174. The van der Waals surface area contributed by atoms with Crippen molar-refractivity contribution in [1.82, 2.24) is 10.2 Å². The van der Waals surface area contributed by atoms with Gasteiger partial charge in [0.2, 0.25) is 0 Å². The molecular weight excluding hydrogens is 196 g/mol. The van der Waals surface area contributed by atoms with Crippen molar-refractivity contribution in [3.63, 3.8) is 0 Å². The first-order valence-corrected chi connectivity index (χ1v) is 7.04. The number of nitrogens with zero attached hydrogens (tertiary/aromatic N) is 1. The molecule has 0 spiro atoms. The van der Waals surface area contributed by atoms with E-state index in [4.69, 9.17) is 0 Å². The summed E-state index contributed by atoms with van der Waals surface area (Å²) in [7, 11) is 2.31. The first-order valence-electron chi connectivity index (χ1n) is 7.04. The summed E-state index contributed by atoms with van der Waals surface area (Å²) < 4.78 is 0. The predicted octanol–water partition coefficient (Wildman–Crippen LogP) is 2.74. The molecule has 1 saturated carbocycles. The van der Waals surface area contributed by atoms with Gasteiger partial charge in [-0.1, -0.05) is 20.8 Å². The van der Waals surface area contributed by atoms with E-state index in [1.807, 2.05) is 0 Å². The summed E-state index contributed by atoms with van der Waals surface area (Å²) >= 11 is 0. The molecule has 0 heterocycles. The van der Waals surface area contributed by atoms with E-state index >= 15 is 0 Å². The SMILES string of the molecule is CCNCC(C)CN(C)C1CCC(C)CC1. The Morgan fingerprint density at radius 3 is 2.44 bits per heavy atom. The van der Waals surface area contributed by atoms with E-state index in [0.29, 0.717) is 0 Å². The zero-order valence-corrected chi connectivity index (χ0v) is 11.6. The van der Waals surface area contributed by atoms with Crippen molar-refractivity contribution in [2.24, 2.45) is 11.8 Å². The van der Waals surface area contributed by atoms with Crippen LogP contribution in [0, 0.1) is 11.8 Å². The van der Waals surface area contributed by atoms with E-state index < -0.39 is 0 Å². The molecule has 0 aromatic heterocycles. The molecule has 0 amide bonds. The molecular formula is C14H30N2. The highest BCUT2D eigenvalue weighted by Crippen LogP contribution is 2.26. The van der Waals surface area contributed by atoms with Gasteiger partial charge in [-0.05, 0) is 57.7 Å². The maximum absolute atomic E-state index is 3.44. The average Bonchev–Trinajstić information content (AvgIpc) is 2.27. The van der Waals surface area contributed by atoms with Crippen molar-refractivity contribution < 1.29 is 0 Å². The molecule has 0 radical (unpaired) electrons. The largest absolute Gasteiger partial charge is 0.317 e. The van der Waals surface area contributed by atoms with Crippen LogP contribution in [0.4, 0.5) is 0 Å². The quantitative estimate of drug-likeness (QED) is 0.749. The lowest BCUT2D eigenvalue weighted by molar-refractivity contribution is 0.152. The predicted molar refractivity (Wildman–Crippen MR) is 71.8 cm³/mol. The summed E-state index contributed by atoms with van der Waals surface area (Å²) in [6, 6.07) is 0.847. The molecule has 0 aliphatic heterocycles. The molecule has 1 aliphatic rings.